The van der Waals surface area contributed by atoms with E-state index in [2.05, 4.69) is 122 Å². The van der Waals surface area contributed by atoms with Crippen molar-refractivity contribution in [3.63, 3.8) is 0 Å². The molecule has 0 saturated carbocycles. The molecule has 0 fully saturated rings. The lowest BCUT2D eigenvalue weighted by Gasteiger charge is -2.28. The van der Waals surface area contributed by atoms with Crippen molar-refractivity contribution in [2.24, 2.45) is 0 Å². The summed E-state index contributed by atoms with van der Waals surface area (Å²) in [6, 6.07) is 49.1. The van der Waals surface area contributed by atoms with Gasteiger partial charge < -0.3 is 4.90 Å². The molecule has 0 aromatic heterocycles. The maximum atomic E-state index is 9.36. The molecule has 0 unspecified atom stereocenters. The van der Waals surface area contributed by atoms with E-state index in [9.17, 15) is 5.26 Å². The lowest BCUT2D eigenvalue weighted by molar-refractivity contribution is 0.590. The van der Waals surface area contributed by atoms with Crippen molar-refractivity contribution in [1.82, 2.24) is 0 Å². The van der Waals surface area contributed by atoms with Gasteiger partial charge in [-0.1, -0.05) is 75.4 Å². The minimum absolute atomic E-state index is 0.138. The lowest BCUT2D eigenvalue weighted by Crippen LogP contribution is -2.10. The molecule has 1 aliphatic carbocycles. The SMILES string of the molecule is [C-]#[N+]c1ccc(N(c2ccc(C#N)cc2)c2ccc3cc4c(cc3c2)-c2cc3ccc(-c5ccc(C(C)(C)C)cc5)cc3cc2-4)cc1. The van der Waals surface area contributed by atoms with Crippen molar-refractivity contribution < 1.29 is 0 Å². The highest BCUT2D eigenvalue weighted by Crippen LogP contribution is 2.51. The van der Waals surface area contributed by atoms with Gasteiger partial charge in [0.15, 0.2) is 5.69 Å². The number of benzene rings is 7. The molecule has 0 spiro atoms. The standard InChI is InChI=1S/C44H31N3/c1-44(2,3)35-12-9-29(10-13-35)30-7-8-31-23-40-42(25-33(31)21-30)41-24-32-11-18-39(22-34(32)26-43(40)41)47(37-16-5-28(27-45)6-17-37)38-19-14-36(46-4)15-20-38/h5-26H,1-3H3. The van der Waals surface area contributed by atoms with E-state index in [1.165, 1.54) is 55.1 Å². The van der Waals surface area contributed by atoms with Gasteiger partial charge in [0.05, 0.1) is 18.2 Å². The maximum Gasteiger partial charge on any atom is 0.187 e. The Morgan fingerprint density at radius 2 is 1.02 bits per heavy atom. The van der Waals surface area contributed by atoms with E-state index >= 15 is 0 Å². The zero-order chi connectivity index (χ0) is 32.3. The van der Waals surface area contributed by atoms with Crippen LogP contribution in [0.1, 0.15) is 31.9 Å². The van der Waals surface area contributed by atoms with Gasteiger partial charge in [-0.3, -0.25) is 0 Å². The average molecular weight is 602 g/mol. The van der Waals surface area contributed by atoms with Gasteiger partial charge in [-0.05, 0) is 145 Å². The zero-order valence-electron chi connectivity index (χ0n) is 26.5. The number of anilines is 3. The summed E-state index contributed by atoms with van der Waals surface area (Å²) in [5.74, 6) is 0. The Bertz CT molecular complexity index is 2370. The minimum Gasteiger partial charge on any atom is -0.311 e. The molecule has 7 aromatic carbocycles. The Balaban J connectivity index is 1.17. The summed E-state index contributed by atoms with van der Waals surface area (Å²) in [4.78, 5) is 5.74. The Kier molecular flexibility index (Phi) is 6.47. The second-order valence-electron chi connectivity index (χ2n) is 13.3. The predicted octanol–water partition coefficient (Wildman–Crippen LogP) is 12.5. The van der Waals surface area contributed by atoms with E-state index in [1.807, 2.05) is 48.5 Å². The monoisotopic (exact) mass is 601 g/mol. The first kappa shape index (κ1) is 28.3. The third-order valence-corrected chi connectivity index (χ3v) is 9.35. The van der Waals surface area contributed by atoms with Gasteiger partial charge in [0.25, 0.3) is 0 Å². The maximum absolute atomic E-state index is 9.36. The van der Waals surface area contributed by atoms with Crippen LogP contribution in [0.2, 0.25) is 0 Å². The first-order valence-electron chi connectivity index (χ1n) is 15.8. The summed E-state index contributed by atoms with van der Waals surface area (Å²) >= 11 is 0. The molecule has 7 aromatic rings. The summed E-state index contributed by atoms with van der Waals surface area (Å²) in [6.45, 7) is 14.1. The number of nitrogens with zero attached hydrogens (tertiary/aromatic N) is 3. The van der Waals surface area contributed by atoms with Gasteiger partial charge in [0.2, 0.25) is 0 Å². The molecular formula is C44H31N3. The topological polar surface area (TPSA) is 31.4 Å². The molecule has 0 atom stereocenters. The van der Waals surface area contributed by atoms with E-state index in [0.717, 1.165) is 22.4 Å². The first-order valence-corrected chi connectivity index (χ1v) is 15.8. The smallest absolute Gasteiger partial charge is 0.187 e. The molecule has 8 rings (SSSR count). The fourth-order valence-corrected chi connectivity index (χ4v) is 6.70. The van der Waals surface area contributed by atoms with Crippen molar-refractivity contribution in [3.05, 3.63) is 156 Å². The summed E-state index contributed by atoms with van der Waals surface area (Å²) in [5, 5.41) is 14.2. The van der Waals surface area contributed by atoms with Crippen LogP contribution in [0.15, 0.2) is 133 Å². The van der Waals surface area contributed by atoms with Gasteiger partial charge >= 0.3 is 0 Å². The summed E-state index contributed by atoms with van der Waals surface area (Å²) in [6.07, 6.45) is 0. The normalized spacial score (nSPS) is 11.7. The van der Waals surface area contributed by atoms with Crippen LogP contribution < -0.4 is 4.90 Å². The van der Waals surface area contributed by atoms with Gasteiger partial charge in [0, 0.05) is 17.1 Å². The van der Waals surface area contributed by atoms with Gasteiger partial charge in [0.1, 0.15) is 0 Å². The zero-order valence-corrected chi connectivity index (χ0v) is 26.5. The first-order chi connectivity index (χ1) is 22.8. The van der Waals surface area contributed by atoms with Crippen LogP contribution in [0.25, 0.3) is 59.8 Å². The quantitative estimate of drug-likeness (QED) is 0.188. The average Bonchev–Trinajstić information content (AvgIpc) is 3.10. The van der Waals surface area contributed by atoms with Crippen LogP contribution in [0, 0.1) is 17.9 Å². The highest BCUT2D eigenvalue weighted by atomic mass is 15.1. The second kappa shape index (κ2) is 10.7. The minimum atomic E-state index is 0.138. The van der Waals surface area contributed by atoms with E-state index < -0.39 is 0 Å². The molecule has 3 nitrogen and oxygen atoms in total. The molecule has 0 heterocycles. The summed E-state index contributed by atoms with van der Waals surface area (Å²) in [7, 11) is 0. The van der Waals surface area contributed by atoms with Crippen molar-refractivity contribution in [2.75, 3.05) is 4.90 Å². The van der Waals surface area contributed by atoms with Crippen LogP contribution in [0.5, 0.6) is 0 Å². The second-order valence-corrected chi connectivity index (χ2v) is 13.3. The highest BCUT2D eigenvalue weighted by Gasteiger charge is 2.24. The van der Waals surface area contributed by atoms with Gasteiger partial charge in [-0.2, -0.15) is 5.26 Å². The largest absolute Gasteiger partial charge is 0.311 e. The molecule has 0 amide bonds. The molecule has 3 heteroatoms. The van der Waals surface area contributed by atoms with Crippen LogP contribution >= 0.6 is 0 Å². The number of fused-ring (bicyclic) bond motifs is 6. The molecule has 222 valence electrons. The molecule has 0 radical (unpaired) electrons. The molecule has 1 aliphatic rings. The predicted molar refractivity (Wildman–Crippen MR) is 196 cm³/mol. The molecule has 0 N–H and O–H groups in total. The Hall–Kier alpha value is -6.16. The molecule has 0 saturated heterocycles. The molecular weight excluding hydrogens is 571 g/mol. The Morgan fingerprint density at radius 3 is 1.57 bits per heavy atom. The van der Waals surface area contributed by atoms with Crippen LogP contribution in [0.4, 0.5) is 22.7 Å². The highest BCUT2D eigenvalue weighted by molar-refractivity contribution is 6.12. The fourth-order valence-electron chi connectivity index (χ4n) is 6.70. The van der Waals surface area contributed by atoms with Crippen LogP contribution in [0.3, 0.4) is 0 Å². The van der Waals surface area contributed by atoms with Gasteiger partial charge in [-0.25, -0.2) is 4.85 Å². The van der Waals surface area contributed by atoms with Gasteiger partial charge in [-0.15, -0.1) is 0 Å². The van der Waals surface area contributed by atoms with Crippen molar-refractivity contribution >= 4 is 44.3 Å². The van der Waals surface area contributed by atoms with E-state index in [4.69, 9.17) is 6.57 Å². The Labute approximate surface area is 275 Å². The number of rotatable bonds is 4. The third kappa shape index (κ3) is 4.91. The van der Waals surface area contributed by atoms with Crippen LogP contribution in [-0.2, 0) is 5.41 Å². The van der Waals surface area contributed by atoms with E-state index in [1.54, 1.807) is 0 Å². The Morgan fingerprint density at radius 1 is 0.532 bits per heavy atom. The fraction of sp³-hybridized carbons (Fsp3) is 0.0909. The van der Waals surface area contributed by atoms with Crippen LogP contribution in [-0.4, -0.2) is 0 Å². The third-order valence-electron chi connectivity index (χ3n) is 9.35. The van der Waals surface area contributed by atoms with E-state index in [-0.39, 0.29) is 5.41 Å². The van der Waals surface area contributed by atoms with E-state index in [0.29, 0.717) is 11.3 Å². The number of nitriles is 1. The van der Waals surface area contributed by atoms with Crippen molar-refractivity contribution in [2.45, 2.75) is 26.2 Å². The molecule has 0 bridgehead atoms. The van der Waals surface area contributed by atoms with Crippen molar-refractivity contribution in [1.29, 1.82) is 5.26 Å². The molecule has 47 heavy (non-hydrogen) atoms. The van der Waals surface area contributed by atoms with Crippen molar-refractivity contribution in [3.8, 4) is 39.4 Å². The molecule has 0 aliphatic heterocycles. The lowest BCUT2D eigenvalue weighted by atomic mass is 9.77. The summed E-state index contributed by atoms with van der Waals surface area (Å²) < 4.78 is 0. The number of hydrogen-bond acceptors (Lipinski definition) is 2. The summed E-state index contributed by atoms with van der Waals surface area (Å²) in [5.41, 5.74) is 13.3. The number of hydrogen-bond donors (Lipinski definition) is 0.